The van der Waals surface area contributed by atoms with E-state index in [1.807, 2.05) is 26.0 Å². The van der Waals surface area contributed by atoms with Crippen LogP contribution in [-0.4, -0.2) is 30.9 Å². The maximum atomic E-state index is 14.1. The normalized spacial score (nSPS) is 14.4. The lowest BCUT2D eigenvalue weighted by Gasteiger charge is -2.23. The molecule has 0 amide bonds. The molecular weight excluding hydrogens is 719 g/mol. The second-order valence-corrected chi connectivity index (χ2v) is 12.2. The number of hydrogen-bond acceptors (Lipinski definition) is 8. The van der Waals surface area contributed by atoms with Crippen LogP contribution >= 0.6 is 43.2 Å². The van der Waals surface area contributed by atoms with Crippen molar-refractivity contribution in [2.45, 2.75) is 26.5 Å². The largest absolute Gasteiger partial charge is 0.490 e. The van der Waals surface area contributed by atoms with E-state index in [1.165, 1.54) is 41.3 Å². The van der Waals surface area contributed by atoms with Crippen molar-refractivity contribution < 1.29 is 28.1 Å². The van der Waals surface area contributed by atoms with E-state index in [4.69, 9.17) is 18.9 Å². The Balaban J connectivity index is 1.62. The third-order valence-electron chi connectivity index (χ3n) is 6.63. The van der Waals surface area contributed by atoms with Crippen LogP contribution in [-0.2, 0) is 16.1 Å². The number of rotatable bonds is 10. The van der Waals surface area contributed by atoms with Gasteiger partial charge >= 0.3 is 5.97 Å². The third-order valence-corrected chi connectivity index (χ3v) is 8.67. The predicted octanol–water partition coefficient (Wildman–Crippen LogP) is 6.06. The Morgan fingerprint density at radius 3 is 2.45 bits per heavy atom. The van der Waals surface area contributed by atoms with Gasteiger partial charge in [-0.1, -0.05) is 45.5 Å². The molecule has 0 N–H and O–H groups in total. The molecule has 3 aromatic carbocycles. The zero-order chi connectivity index (χ0) is 31.4. The summed E-state index contributed by atoms with van der Waals surface area (Å²) in [5.74, 6) is 0.623. The van der Waals surface area contributed by atoms with E-state index in [-0.39, 0.29) is 23.6 Å². The molecule has 0 radical (unpaired) electrons. The number of aromatic nitrogens is 1. The summed E-state index contributed by atoms with van der Waals surface area (Å²) < 4.78 is 39.4. The molecule has 1 aliphatic heterocycles. The van der Waals surface area contributed by atoms with Crippen molar-refractivity contribution in [2.75, 3.05) is 20.3 Å². The van der Waals surface area contributed by atoms with Crippen LogP contribution in [0.1, 0.15) is 36.6 Å². The first-order chi connectivity index (χ1) is 21.2. The summed E-state index contributed by atoms with van der Waals surface area (Å²) in [4.78, 5) is 31.8. The Bertz CT molecular complexity index is 1920. The number of hydrogen-bond donors (Lipinski definition) is 0. The molecule has 8 nitrogen and oxygen atoms in total. The summed E-state index contributed by atoms with van der Waals surface area (Å²) in [5, 5.41) is 0. The molecule has 0 saturated heterocycles. The number of carbonyl (C=O) groups is 1. The van der Waals surface area contributed by atoms with Gasteiger partial charge in [0.15, 0.2) is 16.3 Å². The van der Waals surface area contributed by atoms with Crippen LogP contribution in [0.5, 0.6) is 17.2 Å². The van der Waals surface area contributed by atoms with Crippen LogP contribution in [0.15, 0.2) is 85.1 Å². The van der Waals surface area contributed by atoms with Gasteiger partial charge in [0, 0.05) is 16.2 Å². The van der Waals surface area contributed by atoms with Gasteiger partial charge < -0.3 is 18.9 Å². The SMILES string of the molecule is CCOc1ccc([C@H]2C(C(=O)OC)=CN=c3s/c(=C/c4cc(Br)cc(Br)c4OCc4ccc(F)cc4)c(=O)n32)cc1OCC. The number of carbonyl (C=O) groups excluding carboxylic acids is 1. The lowest BCUT2D eigenvalue weighted by Crippen LogP contribution is -2.39. The lowest BCUT2D eigenvalue weighted by atomic mass is 9.97. The first kappa shape index (κ1) is 31.7. The van der Waals surface area contributed by atoms with Crippen molar-refractivity contribution in [3.8, 4) is 17.2 Å². The van der Waals surface area contributed by atoms with Gasteiger partial charge in [-0.2, -0.15) is 0 Å². The van der Waals surface area contributed by atoms with Gasteiger partial charge in [-0.15, -0.1) is 0 Å². The minimum absolute atomic E-state index is 0.186. The minimum atomic E-state index is -0.820. The standard InChI is InChI=1S/C32H27Br2FN2O6S/c1-4-41-25-11-8-19(13-26(25)42-5-2)28-23(31(39)40-3)16-36-32-37(28)30(38)27(44-32)14-20-12-21(33)15-24(34)29(20)43-17-18-6-9-22(35)10-7-18/h6-16,28H,4-5,17H2,1-3H3/b27-14+/t28-/m0/s1. The highest BCUT2D eigenvalue weighted by Gasteiger charge is 2.31. The number of methoxy groups -OCH3 is 1. The number of nitrogens with zero attached hydrogens (tertiary/aromatic N) is 2. The number of ether oxygens (including phenoxy) is 4. The second kappa shape index (κ2) is 13.9. The Kier molecular flexibility index (Phi) is 10.0. The number of halogens is 3. The van der Waals surface area contributed by atoms with E-state index in [9.17, 15) is 14.0 Å². The van der Waals surface area contributed by atoms with Gasteiger partial charge in [0.05, 0.1) is 40.9 Å². The zero-order valence-corrected chi connectivity index (χ0v) is 27.9. The topological polar surface area (TPSA) is 88.4 Å². The first-order valence-corrected chi connectivity index (χ1v) is 16.0. The minimum Gasteiger partial charge on any atom is -0.490 e. The second-order valence-electron chi connectivity index (χ2n) is 9.47. The summed E-state index contributed by atoms with van der Waals surface area (Å²) >= 11 is 8.27. The average Bonchev–Trinajstić information content (AvgIpc) is 3.32. The molecule has 1 atom stereocenters. The molecule has 1 aromatic heterocycles. The van der Waals surface area contributed by atoms with Gasteiger partial charge in [0.1, 0.15) is 18.2 Å². The Morgan fingerprint density at radius 1 is 1.02 bits per heavy atom. The maximum Gasteiger partial charge on any atom is 0.337 e. The highest BCUT2D eigenvalue weighted by molar-refractivity contribution is 9.11. The van der Waals surface area contributed by atoms with Crippen LogP contribution < -0.4 is 29.1 Å². The number of esters is 1. The number of benzene rings is 3. The molecule has 1 aliphatic rings. The van der Waals surface area contributed by atoms with E-state index < -0.39 is 12.0 Å². The Morgan fingerprint density at radius 2 is 1.75 bits per heavy atom. The molecule has 0 aliphatic carbocycles. The van der Waals surface area contributed by atoms with Gasteiger partial charge in [0.2, 0.25) is 0 Å². The quantitative estimate of drug-likeness (QED) is 0.184. The summed E-state index contributed by atoms with van der Waals surface area (Å²) in [6, 6.07) is 14.2. The van der Waals surface area contributed by atoms with E-state index in [2.05, 4.69) is 36.9 Å². The summed E-state index contributed by atoms with van der Waals surface area (Å²) in [6.07, 6.45) is 3.16. The van der Waals surface area contributed by atoms with Crippen LogP contribution in [0.25, 0.3) is 6.08 Å². The van der Waals surface area contributed by atoms with Gasteiger partial charge in [-0.3, -0.25) is 9.36 Å². The molecule has 0 spiro atoms. The summed E-state index contributed by atoms with van der Waals surface area (Å²) in [6.45, 7) is 4.78. The Hall–Kier alpha value is -3.74. The van der Waals surface area contributed by atoms with Gasteiger partial charge in [0.25, 0.3) is 5.56 Å². The fourth-order valence-corrected chi connectivity index (χ4v) is 7.04. The van der Waals surface area contributed by atoms with Crippen molar-refractivity contribution in [3.05, 3.63) is 118 Å². The molecule has 0 bridgehead atoms. The van der Waals surface area contributed by atoms with Crippen molar-refractivity contribution in [1.82, 2.24) is 4.57 Å². The number of thiazole rings is 1. The molecule has 5 rings (SSSR count). The maximum absolute atomic E-state index is 14.1. The van der Waals surface area contributed by atoms with Crippen LogP contribution in [0.2, 0.25) is 0 Å². The summed E-state index contributed by atoms with van der Waals surface area (Å²) in [7, 11) is 1.29. The molecule has 0 saturated carbocycles. The monoisotopic (exact) mass is 744 g/mol. The van der Waals surface area contributed by atoms with E-state index in [0.29, 0.717) is 55.4 Å². The van der Waals surface area contributed by atoms with Crippen molar-refractivity contribution in [3.63, 3.8) is 0 Å². The average molecular weight is 746 g/mol. The molecule has 4 aromatic rings. The van der Waals surface area contributed by atoms with Crippen molar-refractivity contribution in [1.29, 1.82) is 0 Å². The van der Waals surface area contributed by atoms with E-state index in [0.717, 1.165) is 10.0 Å². The van der Waals surface area contributed by atoms with Gasteiger partial charge in [-0.05, 0) is 83.4 Å². The van der Waals surface area contributed by atoms with Crippen LogP contribution in [0.4, 0.5) is 4.39 Å². The summed E-state index contributed by atoms with van der Waals surface area (Å²) in [5.41, 5.74) is 1.89. The van der Waals surface area contributed by atoms with Gasteiger partial charge in [-0.25, -0.2) is 14.2 Å². The van der Waals surface area contributed by atoms with E-state index >= 15 is 0 Å². The molecule has 2 heterocycles. The zero-order valence-electron chi connectivity index (χ0n) is 23.9. The molecule has 44 heavy (non-hydrogen) atoms. The molecule has 228 valence electrons. The molecule has 12 heteroatoms. The molecular formula is C32H27Br2FN2O6S. The fraction of sp³-hybridized carbons (Fsp3) is 0.219. The molecule has 0 fully saturated rings. The predicted molar refractivity (Wildman–Crippen MR) is 173 cm³/mol. The smallest absolute Gasteiger partial charge is 0.337 e. The fourth-order valence-electron chi connectivity index (χ4n) is 4.70. The highest BCUT2D eigenvalue weighted by atomic mass is 79.9. The van der Waals surface area contributed by atoms with Crippen LogP contribution in [0.3, 0.4) is 0 Å². The van der Waals surface area contributed by atoms with Crippen molar-refractivity contribution in [2.24, 2.45) is 4.99 Å². The first-order valence-electron chi connectivity index (χ1n) is 13.6. The van der Waals surface area contributed by atoms with Crippen LogP contribution in [0, 0.1) is 5.82 Å². The lowest BCUT2D eigenvalue weighted by molar-refractivity contribution is -0.136. The van der Waals surface area contributed by atoms with E-state index in [1.54, 1.807) is 36.4 Å². The number of fused-ring (bicyclic) bond motifs is 1. The highest BCUT2D eigenvalue weighted by Crippen LogP contribution is 2.36. The Labute approximate surface area is 273 Å². The third kappa shape index (κ3) is 6.67. The molecule has 0 unspecified atom stereocenters. The van der Waals surface area contributed by atoms with Crippen molar-refractivity contribution >= 4 is 55.2 Å².